The number of rotatable bonds is 2. The molecule has 0 aliphatic heterocycles. The van der Waals surface area contributed by atoms with Gasteiger partial charge in [-0.25, -0.2) is 9.97 Å². The minimum atomic E-state index is 0.698. The molecule has 0 spiro atoms. The highest BCUT2D eigenvalue weighted by Gasteiger charge is 2.04. The average molecular weight is 259 g/mol. The fraction of sp³-hybridized carbons (Fsp3) is 0.286. The van der Waals surface area contributed by atoms with Gasteiger partial charge in [-0.05, 0) is 22.9 Å². The number of anilines is 1. The van der Waals surface area contributed by atoms with Crippen molar-refractivity contribution in [3.8, 4) is 0 Å². The van der Waals surface area contributed by atoms with E-state index < -0.39 is 0 Å². The zero-order valence-electron chi connectivity index (χ0n) is 6.91. The Hall–Kier alpha value is -0.750. The van der Waals surface area contributed by atoms with Crippen LogP contribution in [0.1, 0.15) is 6.92 Å². The lowest BCUT2D eigenvalue weighted by Gasteiger charge is -1.91. The maximum atomic E-state index is 4.26. The summed E-state index contributed by atoms with van der Waals surface area (Å²) in [6.45, 7) is 2.89. The molecule has 2 aromatic heterocycles. The molecule has 13 heavy (non-hydrogen) atoms. The van der Waals surface area contributed by atoms with E-state index >= 15 is 0 Å². The molecule has 0 fully saturated rings. The van der Waals surface area contributed by atoms with Gasteiger partial charge >= 0.3 is 0 Å². The van der Waals surface area contributed by atoms with Crippen LogP contribution in [0.2, 0.25) is 0 Å². The third-order valence-corrected chi connectivity index (χ3v) is 2.70. The molecule has 0 saturated carbocycles. The summed E-state index contributed by atoms with van der Waals surface area (Å²) in [5.74, 6) is 0. The van der Waals surface area contributed by atoms with Crippen molar-refractivity contribution in [3.05, 3.63) is 10.8 Å². The van der Waals surface area contributed by atoms with Crippen LogP contribution in [0.15, 0.2) is 10.8 Å². The van der Waals surface area contributed by atoms with Gasteiger partial charge in [0.25, 0.3) is 0 Å². The van der Waals surface area contributed by atoms with Crippen LogP contribution in [0.3, 0.4) is 0 Å². The zero-order valence-corrected chi connectivity index (χ0v) is 9.31. The van der Waals surface area contributed by atoms with Gasteiger partial charge in [-0.15, -0.1) is 0 Å². The van der Waals surface area contributed by atoms with Crippen LogP contribution in [0.25, 0.3) is 10.5 Å². The Morgan fingerprint density at radius 1 is 1.54 bits per heavy atom. The van der Waals surface area contributed by atoms with Crippen LogP contribution in [0, 0.1) is 0 Å². The van der Waals surface area contributed by atoms with E-state index in [1.807, 2.05) is 6.92 Å². The van der Waals surface area contributed by atoms with Crippen molar-refractivity contribution in [2.75, 3.05) is 11.9 Å². The Morgan fingerprint density at radius 2 is 2.38 bits per heavy atom. The average Bonchev–Trinajstić information content (AvgIpc) is 2.46. The van der Waals surface area contributed by atoms with Crippen LogP contribution < -0.4 is 5.32 Å². The maximum absolute atomic E-state index is 4.26. The predicted molar refractivity (Wildman–Crippen MR) is 57.1 cm³/mol. The number of fused-ring (bicyclic) bond motifs is 1. The normalized spacial score (nSPS) is 10.6. The molecule has 0 atom stereocenters. The molecule has 2 aromatic rings. The van der Waals surface area contributed by atoms with E-state index in [0.717, 1.165) is 21.1 Å². The number of nitrogens with one attached hydrogen (secondary N) is 1. The second-order valence-corrected chi connectivity index (χ2v) is 4.16. The largest absolute Gasteiger partial charge is 0.362 e. The Bertz CT molecular complexity index is 427. The molecule has 0 aliphatic rings. The molecule has 6 heteroatoms. The molecule has 2 heterocycles. The SMILES string of the molecule is CCNc1nc2ncc(Br)nc2s1. The van der Waals surface area contributed by atoms with Gasteiger partial charge in [-0.3, -0.25) is 0 Å². The lowest BCUT2D eigenvalue weighted by Crippen LogP contribution is -1.94. The fourth-order valence-electron chi connectivity index (χ4n) is 0.928. The van der Waals surface area contributed by atoms with Crippen molar-refractivity contribution in [2.24, 2.45) is 0 Å². The van der Waals surface area contributed by atoms with E-state index in [-0.39, 0.29) is 0 Å². The van der Waals surface area contributed by atoms with Crippen LogP contribution in [0.4, 0.5) is 5.13 Å². The molecule has 2 rings (SSSR count). The van der Waals surface area contributed by atoms with Crippen molar-refractivity contribution in [1.29, 1.82) is 0 Å². The molecule has 0 aromatic carbocycles. The molecule has 0 bridgehead atoms. The first-order valence-electron chi connectivity index (χ1n) is 3.82. The Labute approximate surface area is 87.6 Å². The number of hydrogen-bond donors (Lipinski definition) is 1. The van der Waals surface area contributed by atoms with E-state index in [4.69, 9.17) is 0 Å². The Kier molecular flexibility index (Phi) is 2.41. The van der Waals surface area contributed by atoms with Gasteiger partial charge in [0.05, 0.1) is 6.20 Å². The molecule has 0 saturated heterocycles. The van der Waals surface area contributed by atoms with Gasteiger partial charge < -0.3 is 5.32 Å². The summed E-state index contributed by atoms with van der Waals surface area (Å²) in [6.07, 6.45) is 1.65. The summed E-state index contributed by atoms with van der Waals surface area (Å²) >= 11 is 4.78. The van der Waals surface area contributed by atoms with Gasteiger partial charge in [0.2, 0.25) is 0 Å². The van der Waals surface area contributed by atoms with Crippen molar-refractivity contribution < 1.29 is 0 Å². The topological polar surface area (TPSA) is 50.7 Å². The number of halogens is 1. The first kappa shape index (κ1) is 8.83. The first-order chi connectivity index (χ1) is 6.29. The van der Waals surface area contributed by atoms with E-state index in [2.05, 4.69) is 36.2 Å². The zero-order chi connectivity index (χ0) is 9.26. The summed E-state index contributed by atoms with van der Waals surface area (Å²) in [5.41, 5.74) is 0.698. The van der Waals surface area contributed by atoms with Gasteiger partial charge in [0, 0.05) is 6.54 Å². The van der Waals surface area contributed by atoms with E-state index in [9.17, 15) is 0 Å². The number of aromatic nitrogens is 3. The quantitative estimate of drug-likeness (QED) is 0.898. The van der Waals surface area contributed by atoms with Crippen molar-refractivity contribution in [3.63, 3.8) is 0 Å². The third-order valence-electron chi connectivity index (χ3n) is 1.42. The number of hydrogen-bond acceptors (Lipinski definition) is 5. The molecule has 1 N–H and O–H groups in total. The summed E-state index contributed by atoms with van der Waals surface area (Å²) in [4.78, 5) is 13.5. The van der Waals surface area contributed by atoms with Crippen LogP contribution in [0.5, 0.6) is 0 Å². The van der Waals surface area contributed by atoms with Gasteiger partial charge in [-0.1, -0.05) is 11.3 Å². The van der Waals surface area contributed by atoms with Crippen LogP contribution in [-0.4, -0.2) is 21.5 Å². The second kappa shape index (κ2) is 3.55. The molecule has 0 amide bonds. The van der Waals surface area contributed by atoms with Gasteiger partial charge in [0.15, 0.2) is 15.6 Å². The Balaban J connectivity index is 2.49. The van der Waals surface area contributed by atoms with E-state index in [1.165, 1.54) is 11.3 Å². The van der Waals surface area contributed by atoms with Crippen molar-refractivity contribution in [2.45, 2.75) is 6.92 Å². The van der Waals surface area contributed by atoms with Gasteiger partial charge in [-0.2, -0.15) is 4.98 Å². The molecular formula is C7H7BrN4S. The molecule has 0 unspecified atom stereocenters. The van der Waals surface area contributed by atoms with Crippen molar-refractivity contribution >= 4 is 42.9 Å². The monoisotopic (exact) mass is 258 g/mol. The van der Waals surface area contributed by atoms with Gasteiger partial charge in [0.1, 0.15) is 4.60 Å². The maximum Gasteiger partial charge on any atom is 0.191 e. The standard InChI is InChI=1S/C7H7BrN4S/c1-2-9-7-12-5-6(13-7)11-4(8)3-10-5/h3H,2H2,1H3,(H,9,10,12). The second-order valence-electron chi connectivity index (χ2n) is 2.37. The minimum Gasteiger partial charge on any atom is -0.362 e. The summed E-state index contributed by atoms with van der Waals surface area (Å²) < 4.78 is 0.742. The summed E-state index contributed by atoms with van der Waals surface area (Å²) in [5, 5.41) is 4.00. The first-order valence-corrected chi connectivity index (χ1v) is 5.43. The Morgan fingerprint density at radius 3 is 3.15 bits per heavy atom. The van der Waals surface area contributed by atoms with Crippen LogP contribution >= 0.6 is 27.3 Å². The number of nitrogens with zero attached hydrogens (tertiary/aromatic N) is 3. The lowest BCUT2D eigenvalue weighted by atomic mass is 10.7. The summed E-state index contributed by atoms with van der Waals surface area (Å²) in [7, 11) is 0. The molecule has 0 aliphatic carbocycles. The third kappa shape index (κ3) is 1.78. The van der Waals surface area contributed by atoms with E-state index in [0.29, 0.717) is 5.65 Å². The smallest absolute Gasteiger partial charge is 0.191 e. The molecule has 0 radical (unpaired) electrons. The minimum absolute atomic E-state index is 0.698. The van der Waals surface area contributed by atoms with Crippen molar-refractivity contribution in [1.82, 2.24) is 15.0 Å². The molecular weight excluding hydrogens is 252 g/mol. The molecule has 68 valence electrons. The highest BCUT2D eigenvalue weighted by atomic mass is 79.9. The van der Waals surface area contributed by atoms with E-state index in [1.54, 1.807) is 6.20 Å². The van der Waals surface area contributed by atoms with Crippen LogP contribution in [-0.2, 0) is 0 Å². The highest BCUT2D eigenvalue weighted by Crippen LogP contribution is 2.23. The fourth-order valence-corrected chi connectivity index (χ4v) is 2.19. The number of thiazole rings is 1. The summed E-state index contributed by atoms with van der Waals surface area (Å²) in [6, 6.07) is 0. The lowest BCUT2D eigenvalue weighted by molar-refractivity contribution is 1.18. The predicted octanol–water partition coefficient (Wildman–Crippen LogP) is 2.28. The molecule has 4 nitrogen and oxygen atoms in total. The highest BCUT2D eigenvalue weighted by molar-refractivity contribution is 9.10.